The van der Waals surface area contributed by atoms with Gasteiger partial charge in [-0.25, -0.2) is 0 Å². The summed E-state index contributed by atoms with van der Waals surface area (Å²) >= 11 is 1.63. The van der Waals surface area contributed by atoms with Crippen molar-refractivity contribution in [3.05, 3.63) is 21.9 Å². The van der Waals surface area contributed by atoms with Crippen LogP contribution in [0.15, 0.2) is 10.8 Å². The van der Waals surface area contributed by atoms with Crippen molar-refractivity contribution in [1.82, 2.24) is 10.2 Å². The zero-order valence-electron chi connectivity index (χ0n) is 12.5. The average Bonchev–Trinajstić information content (AvgIpc) is 2.77. The molecular formula is C15H22N2O2S. The van der Waals surface area contributed by atoms with E-state index in [1.807, 2.05) is 6.92 Å². The summed E-state index contributed by atoms with van der Waals surface area (Å²) in [6.45, 7) is 8.48. The quantitative estimate of drug-likeness (QED) is 0.926. The van der Waals surface area contributed by atoms with Gasteiger partial charge in [-0.05, 0) is 48.1 Å². The molecule has 2 amide bonds. The normalized spacial score (nSPS) is 23.4. The van der Waals surface area contributed by atoms with E-state index in [0.29, 0.717) is 18.9 Å². The lowest BCUT2D eigenvalue weighted by Crippen LogP contribution is -2.62. The Kier molecular flexibility index (Phi) is 4.48. The number of amides is 2. The number of rotatable bonds is 4. The smallest absolute Gasteiger partial charge is 0.246 e. The number of nitrogens with one attached hydrogen (secondary N) is 1. The number of carbonyl (C=O) groups is 2. The summed E-state index contributed by atoms with van der Waals surface area (Å²) in [5.74, 6) is 0.363. The minimum Gasteiger partial charge on any atom is -0.343 e. The highest BCUT2D eigenvalue weighted by Crippen LogP contribution is 2.21. The zero-order chi connectivity index (χ0) is 14.9. The third-order valence-electron chi connectivity index (χ3n) is 3.75. The number of aryl methyl sites for hydroxylation is 1. The van der Waals surface area contributed by atoms with E-state index in [-0.39, 0.29) is 17.9 Å². The standard InChI is InChI=1S/C15H22N2O2S/c1-9(2)5-13-15(19)17(11(4)14(18)16-13)6-12-8-20-7-10(12)3/h7-9,11,13H,5-6H2,1-4H3,(H,16,18). The molecule has 5 heteroatoms. The average molecular weight is 294 g/mol. The Bertz CT molecular complexity index is 510. The highest BCUT2D eigenvalue weighted by Gasteiger charge is 2.38. The first-order chi connectivity index (χ1) is 9.40. The molecule has 0 saturated carbocycles. The predicted octanol–water partition coefficient (Wildman–Crippen LogP) is 2.32. The Morgan fingerprint density at radius 2 is 2.05 bits per heavy atom. The van der Waals surface area contributed by atoms with Gasteiger partial charge in [-0.3, -0.25) is 9.59 Å². The maximum absolute atomic E-state index is 12.6. The van der Waals surface area contributed by atoms with Crippen molar-refractivity contribution in [3.63, 3.8) is 0 Å². The fourth-order valence-corrected chi connectivity index (χ4v) is 3.31. The number of nitrogens with zero attached hydrogens (tertiary/aromatic N) is 1. The predicted molar refractivity (Wildman–Crippen MR) is 80.5 cm³/mol. The van der Waals surface area contributed by atoms with Crippen LogP contribution in [-0.4, -0.2) is 28.8 Å². The molecule has 2 atom stereocenters. The van der Waals surface area contributed by atoms with Gasteiger partial charge in [-0.2, -0.15) is 11.3 Å². The summed E-state index contributed by atoms with van der Waals surface area (Å²) in [5, 5.41) is 6.97. The minimum absolute atomic E-state index is 0.0383. The molecule has 1 aliphatic heterocycles. The molecule has 0 bridgehead atoms. The topological polar surface area (TPSA) is 49.4 Å². The Hall–Kier alpha value is -1.36. The summed E-state index contributed by atoms with van der Waals surface area (Å²) in [5.41, 5.74) is 2.31. The van der Waals surface area contributed by atoms with Gasteiger partial charge in [0.1, 0.15) is 12.1 Å². The summed E-state index contributed by atoms with van der Waals surface area (Å²) in [4.78, 5) is 26.3. The van der Waals surface area contributed by atoms with Crippen LogP contribution in [0.3, 0.4) is 0 Å². The fraction of sp³-hybridized carbons (Fsp3) is 0.600. The highest BCUT2D eigenvalue weighted by atomic mass is 32.1. The van der Waals surface area contributed by atoms with Gasteiger partial charge in [0.15, 0.2) is 0 Å². The van der Waals surface area contributed by atoms with E-state index >= 15 is 0 Å². The number of hydrogen-bond acceptors (Lipinski definition) is 3. The fourth-order valence-electron chi connectivity index (χ4n) is 2.46. The Labute approximate surface area is 124 Å². The van der Waals surface area contributed by atoms with Crippen LogP contribution >= 0.6 is 11.3 Å². The molecule has 4 nitrogen and oxygen atoms in total. The van der Waals surface area contributed by atoms with E-state index < -0.39 is 6.04 Å². The van der Waals surface area contributed by atoms with Crippen molar-refractivity contribution < 1.29 is 9.59 Å². The molecule has 1 fully saturated rings. The first-order valence-electron chi connectivity index (χ1n) is 7.02. The van der Waals surface area contributed by atoms with Crippen LogP contribution in [0.4, 0.5) is 0 Å². The van der Waals surface area contributed by atoms with Crippen LogP contribution < -0.4 is 5.32 Å². The molecule has 2 unspecified atom stereocenters. The molecule has 20 heavy (non-hydrogen) atoms. The second kappa shape index (κ2) is 5.95. The van der Waals surface area contributed by atoms with Gasteiger partial charge in [0.25, 0.3) is 0 Å². The third-order valence-corrected chi connectivity index (χ3v) is 4.66. The van der Waals surface area contributed by atoms with Gasteiger partial charge in [0.05, 0.1) is 0 Å². The number of thiophene rings is 1. The lowest BCUT2D eigenvalue weighted by Gasteiger charge is -2.38. The summed E-state index contributed by atoms with van der Waals surface area (Å²) < 4.78 is 0. The molecule has 110 valence electrons. The van der Waals surface area contributed by atoms with Gasteiger partial charge in [0.2, 0.25) is 11.8 Å². The molecule has 1 saturated heterocycles. The van der Waals surface area contributed by atoms with Crippen LogP contribution in [-0.2, 0) is 16.1 Å². The molecule has 1 aromatic rings. The molecule has 1 aliphatic rings. The summed E-state index contributed by atoms with van der Waals surface area (Å²) in [6, 6.07) is -0.775. The lowest BCUT2D eigenvalue weighted by atomic mass is 9.98. The summed E-state index contributed by atoms with van der Waals surface area (Å²) in [7, 11) is 0. The first kappa shape index (κ1) is 15.0. The maximum atomic E-state index is 12.6. The minimum atomic E-state index is -0.398. The van der Waals surface area contributed by atoms with Gasteiger partial charge in [-0.1, -0.05) is 13.8 Å². The number of carbonyl (C=O) groups excluding carboxylic acids is 2. The zero-order valence-corrected chi connectivity index (χ0v) is 13.3. The van der Waals surface area contributed by atoms with Gasteiger partial charge < -0.3 is 10.2 Å². The lowest BCUT2D eigenvalue weighted by molar-refractivity contribution is -0.149. The van der Waals surface area contributed by atoms with Crippen molar-refractivity contribution in [2.45, 2.75) is 52.7 Å². The molecule has 0 spiro atoms. The van der Waals surface area contributed by atoms with E-state index in [1.54, 1.807) is 23.2 Å². The van der Waals surface area contributed by atoms with E-state index in [0.717, 1.165) is 5.56 Å². The molecule has 0 radical (unpaired) electrons. The third kappa shape index (κ3) is 3.03. The van der Waals surface area contributed by atoms with Gasteiger partial charge in [0, 0.05) is 6.54 Å². The van der Waals surface area contributed by atoms with Crippen LogP contribution in [0.1, 0.15) is 38.3 Å². The molecular weight excluding hydrogens is 272 g/mol. The number of hydrogen-bond donors (Lipinski definition) is 1. The molecule has 2 rings (SSSR count). The van der Waals surface area contributed by atoms with E-state index in [2.05, 4.69) is 29.9 Å². The van der Waals surface area contributed by atoms with Crippen LogP contribution in [0, 0.1) is 12.8 Å². The van der Waals surface area contributed by atoms with Crippen LogP contribution in [0.25, 0.3) is 0 Å². The van der Waals surface area contributed by atoms with Crippen LogP contribution in [0.5, 0.6) is 0 Å². The van der Waals surface area contributed by atoms with Crippen molar-refractivity contribution in [3.8, 4) is 0 Å². The highest BCUT2D eigenvalue weighted by molar-refractivity contribution is 7.08. The second-order valence-electron chi connectivity index (χ2n) is 5.91. The summed E-state index contributed by atoms with van der Waals surface area (Å²) in [6.07, 6.45) is 0.691. The molecule has 1 N–H and O–H groups in total. The largest absolute Gasteiger partial charge is 0.343 e. The van der Waals surface area contributed by atoms with Crippen molar-refractivity contribution in [2.24, 2.45) is 5.92 Å². The van der Waals surface area contributed by atoms with Crippen LogP contribution in [0.2, 0.25) is 0 Å². The molecule has 0 aliphatic carbocycles. The maximum Gasteiger partial charge on any atom is 0.246 e. The number of piperazine rings is 1. The van der Waals surface area contributed by atoms with E-state index in [4.69, 9.17) is 0 Å². The van der Waals surface area contributed by atoms with Gasteiger partial charge in [-0.15, -0.1) is 0 Å². The van der Waals surface area contributed by atoms with E-state index in [9.17, 15) is 9.59 Å². The second-order valence-corrected chi connectivity index (χ2v) is 6.66. The molecule has 0 aromatic carbocycles. The monoisotopic (exact) mass is 294 g/mol. The van der Waals surface area contributed by atoms with Gasteiger partial charge >= 0.3 is 0 Å². The Balaban J connectivity index is 2.18. The Morgan fingerprint density at radius 1 is 1.35 bits per heavy atom. The van der Waals surface area contributed by atoms with E-state index in [1.165, 1.54) is 5.56 Å². The molecule has 1 aromatic heterocycles. The SMILES string of the molecule is Cc1cscc1CN1C(=O)C(CC(C)C)NC(=O)C1C. The van der Waals surface area contributed by atoms with Crippen molar-refractivity contribution in [1.29, 1.82) is 0 Å². The van der Waals surface area contributed by atoms with Crippen molar-refractivity contribution in [2.75, 3.05) is 0 Å². The molecule has 2 heterocycles. The Morgan fingerprint density at radius 3 is 2.60 bits per heavy atom. The first-order valence-corrected chi connectivity index (χ1v) is 7.97. The van der Waals surface area contributed by atoms with Crippen molar-refractivity contribution >= 4 is 23.2 Å².